The van der Waals surface area contributed by atoms with Gasteiger partial charge in [0, 0.05) is 11.1 Å². The summed E-state index contributed by atoms with van der Waals surface area (Å²) in [4.78, 5) is 13.7. The number of carboxylic acids is 1. The second-order valence-corrected chi connectivity index (χ2v) is 6.76. The molecule has 1 fully saturated rings. The Morgan fingerprint density at radius 2 is 1.63 bits per heavy atom. The predicted octanol–water partition coefficient (Wildman–Crippen LogP) is 3.98. The molecule has 3 rings (SSSR count). The van der Waals surface area contributed by atoms with Gasteiger partial charge in [0.2, 0.25) is 0 Å². The second kappa shape index (κ2) is 8.91. The zero-order valence-corrected chi connectivity index (χ0v) is 15.9. The fraction of sp³-hybridized carbons (Fsp3) is 0.409. The van der Waals surface area contributed by atoms with Crippen LogP contribution >= 0.6 is 0 Å². The van der Waals surface area contributed by atoms with E-state index in [-0.39, 0.29) is 12.0 Å². The number of rotatable bonds is 7. The smallest absolute Gasteiger partial charge is 0.306 e. The molecule has 1 unspecified atom stereocenters. The van der Waals surface area contributed by atoms with Crippen LogP contribution in [0.25, 0.3) is 0 Å². The lowest BCUT2D eigenvalue weighted by atomic mass is 9.90. The summed E-state index contributed by atoms with van der Waals surface area (Å²) in [6, 6.07) is 16.1. The number of para-hydroxylation sites is 2. The maximum absolute atomic E-state index is 11.4. The molecule has 144 valence electrons. The molecular formula is C22H27NO4. The number of benzene rings is 2. The van der Waals surface area contributed by atoms with Crippen LogP contribution in [-0.2, 0) is 4.79 Å². The lowest BCUT2D eigenvalue weighted by Gasteiger charge is -2.38. The maximum Gasteiger partial charge on any atom is 0.306 e. The van der Waals surface area contributed by atoms with E-state index in [0.29, 0.717) is 19.4 Å². The van der Waals surface area contributed by atoms with Gasteiger partial charge in [-0.25, -0.2) is 0 Å². The number of carboxylic acid groups (broad SMARTS) is 1. The molecule has 5 heteroatoms. The van der Waals surface area contributed by atoms with Crippen molar-refractivity contribution in [3.63, 3.8) is 0 Å². The van der Waals surface area contributed by atoms with Crippen LogP contribution in [0, 0.1) is 5.92 Å². The lowest BCUT2D eigenvalue weighted by molar-refractivity contribution is -0.143. The van der Waals surface area contributed by atoms with Crippen molar-refractivity contribution in [2.45, 2.75) is 25.8 Å². The van der Waals surface area contributed by atoms with E-state index < -0.39 is 5.97 Å². The van der Waals surface area contributed by atoms with E-state index in [1.54, 1.807) is 7.11 Å². The maximum atomic E-state index is 11.4. The second-order valence-electron chi connectivity index (χ2n) is 6.76. The zero-order chi connectivity index (χ0) is 19.2. The Bertz CT molecular complexity index is 768. The Hall–Kier alpha value is -2.53. The normalized spacial score (nSPS) is 16.7. The van der Waals surface area contributed by atoms with Gasteiger partial charge in [-0.2, -0.15) is 0 Å². The molecule has 0 spiro atoms. The Balaban J connectivity index is 2.02. The van der Waals surface area contributed by atoms with Crippen molar-refractivity contribution in [3.8, 4) is 11.5 Å². The molecule has 0 bridgehead atoms. The van der Waals surface area contributed by atoms with Crippen molar-refractivity contribution in [1.82, 2.24) is 4.90 Å². The van der Waals surface area contributed by atoms with Crippen molar-refractivity contribution >= 4 is 5.97 Å². The molecule has 27 heavy (non-hydrogen) atoms. The number of carbonyl (C=O) groups is 1. The first-order chi connectivity index (χ1) is 13.2. The van der Waals surface area contributed by atoms with Gasteiger partial charge in [0.25, 0.3) is 0 Å². The minimum atomic E-state index is -0.696. The molecule has 0 saturated carbocycles. The highest BCUT2D eigenvalue weighted by molar-refractivity contribution is 5.70. The molecule has 5 nitrogen and oxygen atoms in total. The number of aliphatic carboxylic acids is 1. The van der Waals surface area contributed by atoms with Gasteiger partial charge in [0.05, 0.1) is 25.7 Å². The predicted molar refractivity (Wildman–Crippen MR) is 104 cm³/mol. The van der Waals surface area contributed by atoms with Crippen LogP contribution in [0.4, 0.5) is 0 Å². The molecule has 1 saturated heterocycles. The first-order valence-corrected chi connectivity index (χ1v) is 9.47. The molecule has 1 N–H and O–H groups in total. The summed E-state index contributed by atoms with van der Waals surface area (Å²) in [5, 5.41) is 9.33. The van der Waals surface area contributed by atoms with Crippen molar-refractivity contribution in [3.05, 3.63) is 59.7 Å². The molecular weight excluding hydrogens is 342 g/mol. The SMILES string of the molecule is CCOc1ccccc1C(c1ccccc1OC)N1CCC(C(=O)O)CC1. The van der Waals surface area contributed by atoms with Crippen LogP contribution in [0.2, 0.25) is 0 Å². The van der Waals surface area contributed by atoms with E-state index in [9.17, 15) is 9.90 Å². The number of ether oxygens (including phenoxy) is 2. The lowest BCUT2D eigenvalue weighted by Crippen LogP contribution is -2.39. The van der Waals surface area contributed by atoms with Crippen molar-refractivity contribution in [2.75, 3.05) is 26.8 Å². The first-order valence-electron chi connectivity index (χ1n) is 9.47. The van der Waals surface area contributed by atoms with Gasteiger partial charge in [-0.3, -0.25) is 9.69 Å². The van der Waals surface area contributed by atoms with Crippen molar-refractivity contribution in [2.24, 2.45) is 5.92 Å². The van der Waals surface area contributed by atoms with Crippen LogP contribution in [0.5, 0.6) is 11.5 Å². The number of hydrogen-bond donors (Lipinski definition) is 1. The van der Waals surface area contributed by atoms with Gasteiger partial charge in [0.15, 0.2) is 0 Å². The van der Waals surface area contributed by atoms with Gasteiger partial charge < -0.3 is 14.6 Å². The highest BCUT2D eigenvalue weighted by Gasteiger charge is 2.32. The summed E-state index contributed by atoms with van der Waals surface area (Å²) in [5.41, 5.74) is 2.15. The van der Waals surface area contributed by atoms with E-state index in [2.05, 4.69) is 17.0 Å². The number of likely N-dealkylation sites (tertiary alicyclic amines) is 1. The van der Waals surface area contributed by atoms with Crippen LogP contribution in [0.1, 0.15) is 36.9 Å². The summed E-state index contributed by atoms with van der Waals surface area (Å²) < 4.78 is 11.5. The minimum absolute atomic E-state index is 0.0429. The third-order valence-electron chi connectivity index (χ3n) is 5.19. The average Bonchev–Trinajstić information content (AvgIpc) is 2.70. The van der Waals surface area contributed by atoms with Gasteiger partial charge in [-0.05, 0) is 45.0 Å². The fourth-order valence-electron chi connectivity index (χ4n) is 3.85. The average molecular weight is 369 g/mol. The molecule has 1 aliphatic heterocycles. The summed E-state index contributed by atoms with van der Waals surface area (Å²) >= 11 is 0. The molecule has 2 aromatic rings. The largest absolute Gasteiger partial charge is 0.496 e. The van der Waals surface area contributed by atoms with E-state index in [0.717, 1.165) is 35.7 Å². The van der Waals surface area contributed by atoms with Crippen molar-refractivity contribution < 1.29 is 19.4 Å². The molecule has 0 amide bonds. The number of hydrogen-bond acceptors (Lipinski definition) is 4. The quantitative estimate of drug-likeness (QED) is 0.800. The van der Waals surface area contributed by atoms with Crippen LogP contribution in [0.3, 0.4) is 0 Å². The summed E-state index contributed by atoms with van der Waals surface area (Å²) in [5.74, 6) is 0.727. The molecule has 0 radical (unpaired) electrons. The van der Waals surface area contributed by atoms with E-state index in [1.165, 1.54) is 0 Å². The first kappa shape index (κ1) is 19.2. The Labute approximate surface area is 160 Å². The van der Waals surface area contributed by atoms with Crippen molar-refractivity contribution in [1.29, 1.82) is 0 Å². The Morgan fingerprint density at radius 3 is 2.19 bits per heavy atom. The zero-order valence-electron chi connectivity index (χ0n) is 15.9. The van der Waals surface area contributed by atoms with Gasteiger partial charge in [-0.1, -0.05) is 36.4 Å². The molecule has 1 heterocycles. The van der Waals surface area contributed by atoms with Gasteiger partial charge >= 0.3 is 5.97 Å². The Morgan fingerprint density at radius 1 is 1.07 bits per heavy atom. The monoisotopic (exact) mass is 369 g/mol. The van der Waals surface area contributed by atoms with Crippen LogP contribution in [0.15, 0.2) is 48.5 Å². The minimum Gasteiger partial charge on any atom is -0.496 e. The molecule has 0 aromatic heterocycles. The van der Waals surface area contributed by atoms with E-state index in [4.69, 9.17) is 9.47 Å². The highest BCUT2D eigenvalue weighted by atomic mass is 16.5. The fourth-order valence-corrected chi connectivity index (χ4v) is 3.85. The molecule has 0 aliphatic carbocycles. The topological polar surface area (TPSA) is 59.0 Å². The number of methoxy groups -OCH3 is 1. The molecule has 1 atom stereocenters. The number of nitrogens with zero attached hydrogens (tertiary/aromatic N) is 1. The number of piperidine rings is 1. The van der Waals surface area contributed by atoms with E-state index >= 15 is 0 Å². The molecule has 1 aliphatic rings. The van der Waals surface area contributed by atoms with E-state index in [1.807, 2.05) is 43.3 Å². The third kappa shape index (κ3) is 4.25. The summed E-state index contributed by atoms with van der Waals surface area (Å²) in [6.45, 7) is 4.02. The Kier molecular flexibility index (Phi) is 6.35. The van der Waals surface area contributed by atoms with Gasteiger partial charge in [0.1, 0.15) is 11.5 Å². The summed E-state index contributed by atoms with van der Waals surface area (Å²) in [6.07, 6.45) is 1.30. The van der Waals surface area contributed by atoms with Crippen LogP contribution < -0.4 is 9.47 Å². The van der Waals surface area contributed by atoms with Crippen LogP contribution in [-0.4, -0.2) is 42.8 Å². The molecule has 2 aromatic carbocycles. The summed E-state index contributed by atoms with van der Waals surface area (Å²) in [7, 11) is 1.68. The van der Waals surface area contributed by atoms with Gasteiger partial charge in [-0.15, -0.1) is 0 Å². The third-order valence-corrected chi connectivity index (χ3v) is 5.19. The standard InChI is InChI=1S/C22H27NO4/c1-3-27-20-11-7-5-9-18(20)21(17-8-4-6-10-19(17)26-2)23-14-12-16(13-15-23)22(24)25/h4-11,16,21H,3,12-15H2,1-2H3,(H,24,25). The highest BCUT2D eigenvalue weighted by Crippen LogP contribution is 2.40.